The van der Waals surface area contributed by atoms with Crippen LogP contribution in [0.15, 0.2) is 38.9 Å². The highest BCUT2D eigenvalue weighted by atomic mass is 16.3. The zero-order chi connectivity index (χ0) is 22.3. The lowest BCUT2D eigenvalue weighted by molar-refractivity contribution is 0.433. The number of imidazole rings is 1. The third-order valence-electron chi connectivity index (χ3n) is 5.43. The van der Waals surface area contributed by atoms with Crippen molar-refractivity contribution in [2.75, 3.05) is 0 Å². The number of pyridine rings is 1. The first kappa shape index (κ1) is 20.6. The van der Waals surface area contributed by atoms with Crippen LogP contribution in [0.3, 0.4) is 0 Å². The van der Waals surface area contributed by atoms with Crippen molar-refractivity contribution < 1.29 is 5.11 Å². The number of aromatic hydroxyl groups is 1. The Morgan fingerprint density at radius 3 is 2.35 bits per heavy atom. The summed E-state index contributed by atoms with van der Waals surface area (Å²) in [5.74, 6) is -0.207. The van der Waals surface area contributed by atoms with Crippen LogP contribution in [0.2, 0.25) is 0 Å². The predicted octanol–water partition coefficient (Wildman–Crippen LogP) is 1.11. The maximum atomic E-state index is 13.3. The Morgan fingerprint density at radius 2 is 1.74 bits per heavy atom. The molecule has 0 fully saturated rings. The van der Waals surface area contributed by atoms with Gasteiger partial charge in [-0.2, -0.15) is 4.98 Å². The summed E-state index contributed by atoms with van der Waals surface area (Å²) in [6.45, 7) is 6.01. The molecule has 0 saturated carbocycles. The van der Waals surface area contributed by atoms with Crippen molar-refractivity contribution in [2.45, 2.75) is 53.2 Å². The summed E-state index contributed by atoms with van der Waals surface area (Å²) in [5.41, 5.74) is -0.212. The summed E-state index contributed by atoms with van der Waals surface area (Å²) in [7, 11) is 0. The summed E-state index contributed by atoms with van der Waals surface area (Å²) in [5, 5.41) is 11.0. The lowest BCUT2D eigenvalue weighted by Crippen LogP contribution is -2.39. The first-order valence-electron chi connectivity index (χ1n) is 10.3. The molecule has 4 aromatic heterocycles. The van der Waals surface area contributed by atoms with Gasteiger partial charge < -0.3 is 5.11 Å². The van der Waals surface area contributed by atoms with Crippen LogP contribution < -0.4 is 16.8 Å². The Balaban J connectivity index is 2.22. The fourth-order valence-corrected chi connectivity index (χ4v) is 3.94. The number of hydrogen-bond acceptors (Lipinski definition) is 6. The van der Waals surface area contributed by atoms with Crippen LogP contribution in [0.1, 0.15) is 38.3 Å². The van der Waals surface area contributed by atoms with Crippen LogP contribution in [0.25, 0.3) is 16.9 Å². The van der Waals surface area contributed by atoms with E-state index in [0.717, 1.165) is 10.1 Å². The molecule has 4 aromatic rings. The van der Waals surface area contributed by atoms with Gasteiger partial charge in [-0.25, -0.2) is 9.20 Å². The maximum Gasteiger partial charge on any atom is 0.332 e. The van der Waals surface area contributed by atoms with Crippen molar-refractivity contribution in [3.05, 3.63) is 66.8 Å². The second kappa shape index (κ2) is 7.86. The average molecular weight is 424 g/mol. The van der Waals surface area contributed by atoms with E-state index >= 15 is 0 Å². The van der Waals surface area contributed by atoms with Crippen LogP contribution >= 0.6 is 0 Å². The summed E-state index contributed by atoms with van der Waals surface area (Å²) < 4.78 is 5.21. The fraction of sp³-hybridized carbons (Fsp3) is 0.381. The van der Waals surface area contributed by atoms with Gasteiger partial charge in [0.15, 0.2) is 11.2 Å². The van der Waals surface area contributed by atoms with Gasteiger partial charge in [0.1, 0.15) is 0 Å². The minimum Gasteiger partial charge on any atom is -0.494 e. The van der Waals surface area contributed by atoms with Crippen molar-refractivity contribution >= 4 is 16.9 Å². The lowest BCUT2D eigenvalue weighted by Gasteiger charge is -2.13. The molecule has 162 valence electrons. The van der Waals surface area contributed by atoms with Crippen LogP contribution in [-0.4, -0.2) is 33.2 Å². The molecule has 0 unspecified atom stereocenters. The summed E-state index contributed by atoms with van der Waals surface area (Å²) in [6, 6.07) is 3.60. The quantitative estimate of drug-likeness (QED) is 0.496. The van der Waals surface area contributed by atoms with E-state index in [1.165, 1.54) is 13.5 Å². The normalized spacial score (nSPS) is 11.6. The highest BCUT2D eigenvalue weighted by Crippen LogP contribution is 2.22. The third kappa shape index (κ3) is 3.06. The molecule has 0 spiro atoms. The summed E-state index contributed by atoms with van der Waals surface area (Å²) >= 11 is 0. The van der Waals surface area contributed by atoms with E-state index < -0.39 is 11.2 Å². The zero-order valence-electron chi connectivity index (χ0n) is 17.7. The van der Waals surface area contributed by atoms with Gasteiger partial charge in [-0.3, -0.25) is 28.3 Å². The number of nitrogens with zero attached hydrogens (tertiary/aromatic N) is 6. The van der Waals surface area contributed by atoms with Crippen molar-refractivity contribution in [3.63, 3.8) is 0 Å². The second-order valence-electron chi connectivity index (χ2n) is 7.30. The van der Waals surface area contributed by atoms with Crippen LogP contribution in [-0.2, 0) is 26.1 Å². The molecule has 10 heteroatoms. The molecule has 4 rings (SSSR count). The monoisotopic (exact) mass is 424 g/mol. The maximum absolute atomic E-state index is 13.3. The Morgan fingerprint density at radius 1 is 1.00 bits per heavy atom. The molecule has 0 radical (unpaired) electrons. The first-order valence-corrected chi connectivity index (χ1v) is 10.3. The molecule has 4 heterocycles. The molecule has 0 bridgehead atoms. The average Bonchev–Trinajstić information content (AvgIpc) is 3.16. The predicted molar refractivity (Wildman–Crippen MR) is 116 cm³/mol. The van der Waals surface area contributed by atoms with Gasteiger partial charge in [0, 0.05) is 25.5 Å². The molecule has 0 aromatic carbocycles. The summed E-state index contributed by atoms with van der Waals surface area (Å²) in [4.78, 5) is 47.8. The number of aryl methyl sites for hydroxylation is 1. The summed E-state index contributed by atoms with van der Waals surface area (Å²) in [6.07, 6.45) is 4.25. The van der Waals surface area contributed by atoms with Gasteiger partial charge in [0.05, 0.1) is 12.1 Å². The van der Waals surface area contributed by atoms with E-state index in [-0.39, 0.29) is 53.6 Å². The number of fused-ring (bicyclic) bond motifs is 3. The Labute approximate surface area is 176 Å². The largest absolute Gasteiger partial charge is 0.494 e. The standard InChI is InChI=1S/C21H24N6O4/c1-4-8-14-17(28)26(12-13-9-7-10-22-11-13)20-23-16-15(27(20)18(14)29)19(30)25(6-3)21(31)24(16)5-2/h7,9-11,29H,4-6,8,12H2,1-3H3. The van der Waals surface area contributed by atoms with Gasteiger partial charge in [0.25, 0.3) is 11.1 Å². The number of rotatable bonds is 6. The third-order valence-corrected chi connectivity index (χ3v) is 5.43. The minimum absolute atomic E-state index is 0.0769. The van der Waals surface area contributed by atoms with Crippen LogP contribution in [0, 0.1) is 0 Å². The van der Waals surface area contributed by atoms with Gasteiger partial charge >= 0.3 is 5.69 Å². The van der Waals surface area contributed by atoms with Gasteiger partial charge in [-0.05, 0) is 31.9 Å². The molecule has 0 amide bonds. The van der Waals surface area contributed by atoms with E-state index in [9.17, 15) is 19.5 Å². The smallest absolute Gasteiger partial charge is 0.332 e. The van der Waals surface area contributed by atoms with Crippen molar-refractivity contribution in [2.24, 2.45) is 0 Å². The molecular weight excluding hydrogens is 400 g/mol. The minimum atomic E-state index is -0.552. The SMILES string of the molecule is CCCc1c(O)n2c3c(=O)n(CC)c(=O)n(CC)c3nc2n(Cc2cccnc2)c1=O. The van der Waals surface area contributed by atoms with E-state index in [4.69, 9.17) is 0 Å². The Hall–Kier alpha value is -3.69. The first-order chi connectivity index (χ1) is 14.9. The van der Waals surface area contributed by atoms with Gasteiger partial charge in [-0.1, -0.05) is 19.4 Å². The molecule has 0 aliphatic carbocycles. The van der Waals surface area contributed by atoms with Crippen molar-refractivity contribution in [1.82, 2.24) is 28.1 Å². The fourth-order valence-electron chi connectivity index (χ4n) is 3.94. The van der Waals surface area contributed by atoms with E-state index in [1.54, 1.807) is 32.3 Å². The van der Waals surface area contributed by atoms with Crippen molar-refractivity contribution in [3.8, 4) is 5.88 Å². The molecule has 1 N–H and O–H groups in total. The van der Waals surface area contributed by atoms with Crippen LogP contribution in [0.4, 0.5) is 0 Å². The number of aromatic nitrogens is 6. The molecular formula is C21H24N6O4. The van der Waals surface area contributed by atoms with E-state index in [0.29, 0.717) is 12.8 Å². The molecule has 0 aliphatic rings. The molecule has 31 heavy (non-hydrogen) atoms. The topological polar surface area (TPSA) is 116 Å². The number of hydrogen-bond donors (Lipinski definition) is 1. The molecule has 0 saturated heterocycles. The van der Waals surface area contributed by atoms with Crippen molar-refractivity contribution in [1.29, 1.82) is 0 Å². The molecule has 0 aliphatic heterocycles. The van der Waals surface area contributed by atoms with Gasteiger partial charge in [-0.15, -0.1) is 0 Å². The molecule has 0 atom stereocenters. The van der Waals surface area contributed by atoms with Gasteiger partial charge in [0.2, 0.25) is 11.7 Å². The van der Waals surface area contributed by atoms with E-state index in [1.807, 2.05) is 13.0 Å². The zero-order valence-corrected chi connectivity index (χ0v) is 17.7. The molecule has 10 nitrogen and oxygen atoms in total. The highest BCUT2D eigenvalue weighted by molar-refractivity contribution is 5.76. The van der Waals surface area contributed by atoms with E-state index in [2.05, 4.69) is 9.97 Å². The lowest BCUT2D eigenvalue weighted by atomic mass is 10.2. The van der Waals surface area contributed by atoms with Crippen LogP contribution in [0.5, 0.6) is 5.88 Å². The highest BCUT2D eigenvalue weighted by Gasteiger charge is 2.24. The Bertz CT molecular complexity index is 1460. The second-order valence-corrected chi connectivity index (χ2v) is 7.30. The Kier molecular flexibility index (Phi) is 5.22.